The lowest BCUT2D eigenvalue weighted by molar-refractivity contribution is 0.303. The van der Waals surface area contributed by atoms with Gasteiger partial charge in [-0.05, 0) is 17.5 Å². The Labute approximate surface area is 101 Å². The van der Waals surface area contributed by atoms with Crippen LogP contribution in [0.25, 0.3) is 6.08 Å². The van der Waals surface area contributed by atoms with Crippen LogP contribution in [-0.2, 0) is 6.42 Å². The average Bonchev–Trinajstić information content (AvgIpc) is 2.85. The molecule has 2 N–H and O–H groups in total. The Morgan fingerprint density at radius 3 is 2.71 bits per heavy atom. The van der Waals surface area contributed by atoms with E-state index in [2.05, 4.69) is 34.2 Å². The average molecular weight is 228 g/mol. The normalized spacial score (nSPS) is 11.1. The fourth-order valence-corrected chi connectivity index (χ4v) is 1.63. The van der Waals surface area contributed by atoms with Crippen molar-refractivity contribution in [2.24, 2.45) is 0 Å². The molecule has 0 aliphatic heterocycles. The van der Waals surface area contributed by atoms with Gasteiger partial charge in [0, 0.05) is 25.4 Å². The van der Waals surface area contributed by atoms with E-state index >= 15 is 0 Å². The van der Waals surface area contributed by atoms with Gasteiger partial charge in [0.05, 0.1) is 0 Å². The minimum Gasteiger partial charge on any atom is -0.396 e. The highest BCUT2D eigenvalue weighted by Gasteiger charge is 1.97. The van der Waals surface area contributed by atoms with E-state index in [9.17, 15) is 0 Å². The highest BCUT2D eigenvalue weighted by Crippen LogP contribution is 2.09. The van der Waals surface area contributed by atoms with E-state index in [1.807, 2.05) is 18.3 Å². The molecule has 0 saturated carbocycles. The van der Waals surface area contributed by atoms with Crippen molar-refractivity contribution in [3.63, 3.8) is 0 Å². The Morgan fingerprint density at radius 1 is 1.24 bits per heavy atom. The van der Waals surface area contributed by atoms with Crippen molar-refractivity contribution in [2.75, 3.05) is 6.61 Å². The van der Waals surface area contributed by atoms with E-state index < -0.39 is 0 Å². The molecule has 0 aliphatic rings. The number of aromatic amines is 1. The van der Waals surface area contributed by atoms with Gasteiger partial charge in [0.15, 0.2) is 0 Å². The molecule has 0 amide bonds. The number of hydrogen-bond acceptors (Lipinski definition) is 2. The van der Waals surface area contributed by atoms with Crippen LogP contribution in [0.15, 0.2) is 42.7 Å². The van der Waals surface area contributed by atoms with Crippen LogP contribution in [0.3, 0.4) is 0 Å². The molecule has 3 nitrogen and oxygen atoms in total. The molecule has 3 heteroatoms. The highest BCUT2D eigenvalue weighted by atomic mass is 16.2. The van der Waals surface area contributed by atoms with Gasteiger partial charge in [-0.3, -0.25) is 0 Å². The molecule has 1 heterocycles. The van der Waals surface area contributed by atoms with Gasteiger partial charge in [0.2, 0.25) is 0 Å². The molecular weight excluding hydrogens is 212 g/mol. The number of aromatic nitrogens is 2. The summed E-state index contributed by atoms with van der Waals surface area (Å²) < 4.78 is 0. The molecule has 88 valence electrons. The maximum absolute atomic E-state index is 8.67. The zero-order chi connectivity index (χ0) is 11.9. The molecular formula is C14H16N2O. The molecule has 0 unspecified atom stereocenters. The Bertz CT molecular complexity index is 457. The van der Waals surface area contributed by atoms with Crippen molar-refractivity contribution in [1.29, 1.82) is 0 Å². The molecule has 0 spiro atoms. The fraction of sp³-hybridized carbons (Fsp3) is 0.214. The third kappa shape index (κ3) is 3.57. The van der Waals surface area contributed by atoms with Crippen LogP contribution in [0.2, 0.25) is 0 Å². The number of aliphatic hydroxyl groups is 1. The first-order chi connectivity index (χ1) is 8.38. The van der Waals surface area contributed by atoms with Crippen molar-refractivity contribution in [3.8, 4) is 0 Å². The number of hydrogen-bond donors (Lipinski definition) is 2. The van der Waals surface area contributed by atoms with Crippen molar-refractivity contribution >= 4 is 6.08 Å². The standard InChI is InChI=1S/C14H16N2O/c17-10-2-1-3-12-4-6-13(7-5-12)11-14-15-8-9-16-14/h1,3-9,17H,2,10-11H2,(H,15,16)/b3-1+. The molecule has 0 radical (unpaired) electrons. The van der Waals surface area contributed by atoms with Crippen LogP contribution in [0, 0.1) is 0 Å². The van der Waals surface area contributed by atoms with E-state index in [4.69, 9.17) is 5.11 Å². The van der Waals surface area contributed by atoms with E-state index in [-0.39, 0.29) is 6.61 Å². The number of H-pyrrole nitrogens is 1. The second kappa shape index (κ2) is 6.01. The van der Waals surface area contributed by atoms with Crippen LogP contribution < -0.4 is 0 Å². The predicted molar refractivity (Wildman–Crippen MR) is 68.6 cm³/mol. The van der Waals surface area contributed by atoms with Crippen LogP contribution in [0.4, 0.5) is 0 Å². The van der Waals surface area contributed by atoms with Gasteiger partial charge in [-0.15, -0.1) is 0 Å². The summed E-state index contributed by atoms with van der Waals surface area (Å²) in [5.41, 5.74) is 2.39. The highest BCUT2D eigenvalue weighted by molar-refractivity contribution is 5.49. The van der Waals surface area contributed by atoms with Gasteiger partial charge in [0.25, 0.3) is 0 Å². The summed E-state index contributed by atoms with van der Waals surface area (Å²) in [7, 11) is 0. The molecule has 2 aromatic rings. The molecule has 0 aliphatic carbocycles. The largest absolute Gasteiger partial charge is 0.396 e. The minimum atomic E-state index is 0.201. The first-order valence-corrected chi connectivity index (χ1v) is 5.73. The minimum absolute atomic E-state index is 0.201. The molecule has 1 aromatic heterocycles. The third-order valence-corrected chi connectivity index (χ3v) is 2.51. The van der Waals surface area contributed by atoms with Crippen molar-refractivity contribution in [1.82, 2.24) is 9.97 Å². The first kappa shape index (κ1) is 11.6. The summed E-state index contributed by atoms with van der Waals surface area (Å²) in [6.45, 7) is 0.201. The van der Waals surface area contributed by atoms with Gasteiger partial charge >= 0.3 is 0 Å². The van der Waals surface area contributed by atoms with Crippen molar-refractivity contribution in [2.45, 2.75) is 12.8 Å². The molecule has 0 bridgehead atoms. The number of nitrogens with one attached hydrogen (secondary N) is 1. The van der Waals surface area contributed by atoms with Crippen LogP contribution in [0.1, 0.15) is 23.4 Å². The van der Waals surface area contributed by atoms with Crippen LogP contribution >= 0.6 is 0 Å². The number of aliphatic hydroxyl groups excluding tert-OH is 1. The summed E-state index contributed by atoms with van der Waals surface area (Å²) in [4.78, 5) is 7.29. The Hall–Kier alpha value is -1.87. The predicted octanol–water partition coefficient (Wildman–Crippen LogP) is 2.40. The van der Waals surface area contributed by atoms with Gasteiger partial charge in [0.1, 0.15) is 5.82 Å². The second-order valence-electron chi connectivity index (χ2n) is 3.87. The van der Waals surface area contributed by atoms with Gasteiger partial charge in [-0.1, -0.05) is 36.4 Å². The van der Waals surface area contributed by atoms with E-state index in [0.29, 0.717) is 6.42 Å². The quantitative estimate of drug-likeness (QED) is 0.825. The molecule has 0 atom stereocenters. The van der Waals surface area contributed by atoms with Crippen LogP contribution in [0.5, 0.6) is 0 Å². The number of nitrogens with zero attached hydrogens (tertiary/aromatic N) is 1. The van der Waals surface area contributed by atoms with Gasteiger partial charge in [-0.25, -0.2) is 4.98 Å². The zero-order valence-corrected chi connectivity index (χ0v) is 9.63. The van der Waals surface area contributed by atoms with Crippen molar-refractivity contribution in [3.05, 3.63) is 59.7 Å². The summed E-state index contributed by atoms with van der Waals surface area (Å²) in [6.07, 6.45) is 9.12. The number of rotatable bonds is 5. The summed E-state index contributed by atoms with van der Waals surface area (Å²) >= 11 is 0. The smallest absolute Gasteiger partial charge is 0.110 e. The van der Waals surface area contributed by atoms with E-state index in [1.165, 1.54) is 5.56 Å². The maximum Gasteiger partial charge on any atom is 0.110 e. The lowest BCUT2D eigenvalue weighted by Gasteiger charge is -1.99. The number of imidazole rings is 1. The summed E-state index contributed by atoms with van der Waals surface area (Å²) in [6, 6.07) is 8.35. The first-order valence-electron chi connectivity index (χ1n) is 5.73. The Morgan fingerprint density at radius 2 is 2.06 bits per heavy atom. The van der Waals surface area contributed by atoms with Gasteiger partial charge < -0.3 is 10.1 Å². The fourth-order valence-electron chi connectivity index (χ4n) is 1.63. The lowest BCUT2D eigenvalue weighted by Crippen LogP contribution is -1.90. The topological polar surface area (TPSA) is 48.9 Å². The lowest BCUT2D eigenvalue weighted by atomic mass is 10.1. The second-order valence-corrected chi connectivity index (χ2v) is 3.87. The van der Waals surface area contributed by atoms with E-state index in [1.54, 1.807) is 6.20 Å². The Kier molecular flexibility index (Phi) is 4.11. The third-order valence-electron chi connectivity index (χ3n) is 2.51. The zero-order valence-electron chi connectivity index (χ0n) is 9.63. The molecule has 17 heavy (non-hydrogen) atoms. The molecule has 0 saturated heterocycles. The van der Waals surface area contributed by atoms with Crippen LogP contribution in [-0.4, -0.2) is 21.7 Å². The summed E-state index contributed by atoms with van der Waals surface area (Å²) in [5.74, 6) is 0.980. The number of benzene rings is 1. The molecule has 1 aromatic carbocycles. The van der Waals surface area contributed by atoms with Gasteiger partial charge in [-0.2, -0.15) is 0 Å². The molecule has 2 rings (SSSR count). The SMILES string of the molecule is OCC/C=C/c1ccc(Cc2ncc[nH]2)cc1. The Balaban J connectivity index is 1.98. The van der Waals surface area contributed by atoms with E-state index in [0.717, 1.165) is 17.8 Å². The maximum atomic E-state index is 8.67. The summed E-state index contributed by atoms with van der Waals surface area (Å²) in [5, 5.41) is 8.67. The van der Waals surface area contributed by atoms with Crippen molar-refractivity contribution < 1.29 is 5.11 Å². The molecule has 0 fully saturated rings. The monoisotopic (exact) mass is 228 g/mol.